The van der Waals surface area contributed by atoms with Gasteiger partial charge < -0.3 is 0 Å². The van der Waals surface area contributed by atoms with Gasteiger partial charge in [0.15, 0.2) is 0 Å². The van der Waals surface area contributed by atoms with E-state index in [1.807, 2.05) is 0 Å². The van der Waals surface area contributed by atoms with Crippen molar-refractivity contribution in [1.82, 2.24) is 5.32 Å². The quantitative estimate of drug-likeness (QED) is 0.239. The Morgan fingerprint density at radius 2 is 1.50 bits per heavy atom. The normalized spacial score (nSPS) is 10.3. The first-order valence-corrected chi connectivity index (χ1v) is 9.25. The maximum absolute atomic E-state index is 12.3. The summed E-state index contributed by atoms with van der Waals surface area (Å²) in [6.07, 6.45) is 16.8. The fourth-order valence-electron chi connectivity index (χ4n) is 1.93. The minimum absolute atomic E-state index is 0.105. The third-order valence-electron chi connectivity index (χ3n) is 3.00. The minimum Gasteiger partial charge on any atom is -0.118 e. The van der Waals surface area contributed by atoms with Crippen molar-refractivity contribution < 1.29 is 19.0 Å². The molecule has 1 amide bonds. The molecule has 0 unspecified atom stereocenters. The Morgan fingerprint density at radius 3 is 1.92 bits per heavy atom. The van der Waals surface area contributed by atoms with E-state index in [0.717, 1.165) is 12.2 Å². The molecule has 0 bridgehead atoms. The van der Waals surface area contributed by atoms with Gasteiger partial charge in [0.1, 0.15) is 0 Å². The molecular formula is C19H25BNO4S. The van der Waals surface area contributed by atoms with Crippen molar-refractivity contribution in [2.24, 2.45) is 0 Å². The Balaban J connectivity index is 4.82. The van der Waals surface area contributed by atoms with Crippen molar-refractivity contribution in [3.05, 3.63) is 0 Å². The fraction of sp³-hybridized carbons (Fsp3) is 0.579. The predicted octanol–water partition coefficient (Wildman–Crippen LogP) is 0.275. The van der Waals surface area contributed by atoms with Gasteiger partial charge >= 0.3 is 125 Å². The van der Waals surface area contributed by atoms with Crippen molar-refractivity contribution in [2.45, 2.75) is 18.4 Å². The molecule has 1 N–H and O–H groups in total. The van der Waals surface area contributed by atoms with Gasteiger partial charge in [0.2, 0.25) is 0 Å². The van der Waals surface area contributed by atoms with E-state index in [9.17, 15) is 4.79 Å². The summed E-state index contributed by atoms with van der Waals surface area (Å²) in [5, 5.41) is 2.93. The molecule has 5 nitrogen and oxygen atoms in total. The molecule has 0 atom stereocenters. The van der Waals surface area contributed by atoms with Crippen LogP contribution in [0.4, 0.5) is 0 Å². The van der Waals surface area contributed by atoms with Crippen LogP contribution in [0.3, 0.4) is 0 Å². The number of rotatable bonds is 16. The second-order valence-electron chi connectivity index (χ2n) is 5.31. The summed E-state index contributed by atoms with van der Waals surface area (Å²) in [4.78, 5) is 12.3. The molecule has 0 heterocycles. The second-order valence-corrected chi connectivity index (χ2v) is 6.53. The summed E-state index contributed by atoms with van der Waals surface area (Å²) in [7, 11) is 5.33. The van der Waals surface area contributed by atoms with E-state index >= 15 is 0 Å². The van der Waals surface area contributed by atoms with E-state index in [1.165, 1.54) is 0 Å². The van der Waals surface area contributed by atoms with Crippen molar-refractivity contribution in [2.75, 3.05) is 51.1 Å². The Bertz CT molecular complexity index is 483. The van der Waals surface area contributed by atoms with Crippen LogP contribution in [-0.4, -0.2) is 76.0 Å². The zero-order chi connectivity index (χ0) is 19.5. The first-order valence-electron chi connectivity index (χ1n) is 8.10. The van der Waals surface area contributed by atoms with Gasteiger partial charge in [-0.3, -0.25) is 0 Å². The third kappa shape index (κ3) is 12.6. The fourth-order valence-corrected chi connectivity index (χ4v) is 2.76. The van der Waals surface area contributed by atoms with Crippen LogP contribution in [0.15, 0.2) is 0 Å². The maximum atomic E-state index is 12.3. The molecule has 0 aliphatic rings. The van der Waals surface area contributed by atoms with Crippen LogP contribution in [0, 0.1) is 37.0 Å². The van der Waals surface area contributed by atoms with E-state index in [2.05, 4.69) is 23.1 Å². The van der Waals surface area contributed by atoms with Crippen LogP contribution in [0.1, 0.15) is 12.8 Å². The van der Waals surface area contributed by atoms with Crippen LogP contribution in [0.5, 0.6) is 0 Å². The van der Waals surface area contributed by atoms with Crippen molar-refractivity contribution in [3.63, 3.8) is 0 Å². The van der Waals surface area contributed by atoms with Crippen LogP contribution in [0.25, 0.3) is 0 Å². The van der Waals surface area contributed by atoms with Crippen molar-refractivity contribution in [1.29, 1.82) is 0 Å². The number of terminal acetylenes is 3. The zero-order valence-electron chi connectivity index (χ0n) is 15.0. The second kappa shape index (κ2) is 16.8. The molecule has 0 fully saturated rings. The number of nitrogens with one attached hydrogen (secondary N) is 1. The van der Waals surface area contributed by atoms with Gasteiger partial charge in [-0.1, -0.05) is 17.8 Å². The third-order valence-corrected chi connectivity index (χ3v) is 4.02. The standard InChI is InChI=1S/C19H25BNO4S/c1-4-10-23-15-19(16-24-11-5-2,17-25-12-6-3)21-18(22)8-14-26-13-7-9-20/h1-3,9H,7-8,10-17H2,(H,21,22). The van der Waals surface area contributed by atoms with Crippen molar-refractivity contribution >= 4 is 31.1 Å². The Morgan fingerprint density at radius 1 is 1.00 bits per heavy atom. The molecule has 26 heavy (non-hydrogen) atoms. The Labute approximate surface area is 162 Å². The molecule has 7 heteroatoms. The molecule has 0 aromatic heterocycles. The summed E-state index contributed by atoms with van der Waals surface area (Å²) >= 11 is 1.65. The molecular weight excluding hydrogens is 349 g/mol. The van der Waals surface area contributed by atoms with Gasteiger partial charge in [-0.25, -0.2) is 0 Å². The first kappa shape index (κ1) is 24.3. The first-order chi connectivity index (χ1) is 12.6. The molecule has 0 aromatic rings. The summed E-state index contributed by atoms with van der Waals surface area (Å²) in [6, 6.07) is 0. The van der Waals surface area contributed by atoms with E-state index in [0.29, 0.717) is 12.2 Å². The van der Waals surface area contributed by atoms with E-state index in [1.54, 1.807) is 17.7 Å². The number of ether oxygens (including phenoxy) is 3. The van der Waals surface area contributed by atoms with Gasteiger partial charge in [-0.05, 0) is 0 Å². The van der Waals surface area contributed by atoms with Gasteiger partial charge in [0, 0.05) is 0 Å². The van der Waals surface area contributed by atoms with Gasteiger partial charge in [-0.2, -0.15) is 0 Å². The smallest absolute Gasteiger partial charge is 0.118 e. The summed E-state index contributed by atoms with van der Waals surface area (Å²) in [6.45, 7) is 0.669. The number of thioether (sulfide) groups is 1. The van der Waals surface area contributed by atoms with Crippen LogP contribution in [-0.2, 0) is 19.0 Å². The average molecular weight is 374 g/mol. The van der Waals surface area contributed by atoms with Crippen LogP contribution >= 0.6 is 11.8 Å². The number of hydrogen-bond acceptors (Lipinski definition) is 5. The molecule has 0 rings (SSSR count). The number of carbonyl (C=O) groups is 1. The monoisotopic (exact) mass is 374 g/mol. The number of carbonyl (C=O) groups excluding carboxylic acids is 1. The molecule has 1 radical (unpaired) electrons. The number of amides is 1. The van der Waals surface area contributed by atoms with E-state index in [4.69, 9.17) is 41.0 Å². The SMILES string of the molecule is [B]=CCCSCCC(=O)NC(COCC#C)(COCC#C)COCC#C. The van der Waals surface area contributed by atoms with Crippen LogP contribution < -0.4 is 5.32 Å². The average Bonchev–Trinajstić information content (AvgIpc) is 2.62. The van der Waals surface area contributed by atoms with Crippen LogP contribution in [0.2, 0.25) is 0 Å². The molecule has 0 aliphatic carbocycles. The summed E-state index contributed by atoms with van der Waals surface area (Å²) in [5.41, 5.74) is -0.919. The molecule has 0 saturated carbocycles. The zero-order valence-corrected chi connectivity index (χ0v) is 15.8. The Hall–Kier alpha value is -1.69. The van der Waals surface area contributed by atoms with E-state index < -0.39 is 5.54 Å². The molecule has 139 valence electrons. The molecule has 0 spiro atoms. The van der Waals surface area contributed by atoms with Gasteiger partial charge in [0.25, 0.3) is 0 Å². The molecule has 0 aliphatic heterocycles. The molecule has 0 aromatic carbocycles. The summed E-state index contributed by atoms with van der Waals surface area (Å²) in [5.74, 6) is 10.2. The van der Waals surface area contributed by atoms with Gasteiger partial charge in [-0.15, -0.1) is 19.3 Å². The Kier molecular flexibility index (Phi) is 15.7. The number of hydrogen-bond donors (Lipinski definition) is 1. The van der Waals surface area contributed by atoms with Crippen molar-refractivity contribution in [3.8, 4) is 37.0 Å². The van der Waals surface area contributed by atoms with Gasteiger partial charge in [0.05, 0.1) is 0 Å². The minimum atomic E-state index is -0.919. The predicted molar refractivity (Wildman–Crippen MR) is 108 cm³/mol. The van der Waals surface area contributed by atoms with E-state index in [-0.39, 0.29) is 45.5 Å². The molecule has 0 saturated heterocycles. The summed E-state index contributed by atoms with van der Waals surface area (Å²) < 4.78 is 16.3. The topological polar surface area (TPSA) is 56.8 Å².